The van der Waals surface area contributed by atoms with E-state index in [1.165, 1.54) is 13.2 Å². The standard InChI is InChI=1S/C11H20FNO7S/c1-19-11-8(10(16)9(15)7(6-14)20-11)13-4-2-3-5-21(12,17)18/h2-3,7-11,13-16H,4-6H2,1H3/b3-2+/t7-,8+,9+,10-,11-/m1/s1. The zero-order valence-electron chi connectivity index (χ0n) is 11.4. The van der Waals surface area contributed by atoms with Gasteiger partial charge in [-0.25, -0.2) is 0 Å². The van der Waals surface area contributed by atoms with Gasteiger partial charge in [0.25, 0.3) is 0 Å². The van der Waals surface area contributed by atoms with E-state index in [0.717, 1.165) is 6.08 Å². The lowest BCUT2D eigenvalue weighted by Gasteiger charge is -2.41. The fourth-order valence-corrected chi connectivity index (χ4v) is 2.34. The summed E-state index contributed by atoms with van der Waals surface area (Å²) in [7, 11) is -3.22. The van der Waals surface area contributed by atoms with Gasteiger partial charge in [0.15, 0.2) is 6.29 Å². The summed E-state index contributed by atoms with van der Waals surface area (Å²) < 4.78 is 43.1. The first-order chi connectivity index (χ1) is 9.80. The van der Waals surface area contributed by atoms with E-state index in [-0.39, 0.29) is 6.54 Å². The van der Waals surface area contributed by atoms with E-state index >= 15 is 0 Å². The van der Waals surface area contributed by atoms with Crippen LogP contribution in [0, 0.1) is 0 Å². The average molecular weight is 329 g/mol. The second-order valence-corrected chi connectivity index (χ2v) is 5.96. The maximum absolute atomic E-state index is 12.2. The second-order valence-electron chi connectivity index (χ2n) is 4.55. The summed E-state index contributed by atoms with van der Waals surface area (Å²) in [6.45, 7) is -0.365. The van der Waals surface area contributed by atoms with Gasteiger partial charge in [0, 0.05) is 13.7 Å². The third kappa shape index (κ3) is 5.58. The third-order valence-electron chi connectivity index (χ3n) is 3.05. The first kappa shape index (κ1) is 18.4. The highest BCUT2D eigenvalue weighted by atomic mass is 32.3. The molecule has 0 aromatic carbocycles. The van der Waals surface area contributed by atoms with Crippen LogP contribution in [0.15, 0.2) is 12.2 Å². The molecule has 1 heterocycles. The van der Waals surface area contributed by atoms with Gasteiger partial charge >= 0.3 is 10.2 Å². The minimum atomic E-state index is -4.56. The molecule has 1 aliphatic heterocycles. The summed E-state index contributed by atoms with van der Waals surface area (Å²) in [6, 6.07) is -0.792. The number of nitrogens with one attached hydrogen (secondary N) is 1. The number of hydrogen-bond acceptors (Lipinski definition) is 8. The van der Waals surface area contributed by atoms with Gasteiger partial charge in [-0.1, -0.05) is 12.2 Å². The SMILES string of the molecule is CO[C@@H]1O[C@H](CO)[C@H](O)[C@H](O)[C@@H]1NC/C=C/CS(=O)(=O)F. The molecule has 0 aromatic rings. The fraction of sp³-hybridized carbons (Fsp3) is 0.818. The lowest BCUT2D eigenvalue weighted by atomic mass is 9.97. The Morgan fingerprint density at radius 2 is 2.00 bits per heavy atom. The molecule has 0 bridgehead atoms. The Morgan fingerprint density at radius 3 is 2.52 bits per heavy atom. The molecule has 0 aliphatic carbocycles. The molecule has 1 rings (SSSR count). The molecular weight excluding hydrogens is 309 g/mol. The molecule has 21 heavy (non-hydrogen) atoms. The van der Waals surface area contributed by atoms with Crippen LogP contribution in [-0.2, 0) is 19.7 Å². The lowest BCUT2D eigenvalue weighted by molar-refractivity contribution is -0.263. The normalized spacial score (nSPS) is 34.4. The fourth-order valence-electron chi connectivity index (χ4n) is 1.97. The van der Waals surface area contributed by atoms with Crippen LogP contribution in [0.25, 0.3) is 0 Å². The second kappa shape index (κ2) is 8.13. The predicted octanol–water partition coefficient (Wildman–Crippen LogP) is -2.11. The average Bonchev–Trinajstić information content (AvgIpc) is 2.42. The predicted molar refractivity (Wildman–Crippen MR) is 70.6 cm³/mol. The molecule has 1 fully saturated rings. The number of rotatable bonds is 7. The number of aliphatic hydroxyl groups is 3. The van der Waals surface area contributed by atoms with Crippen LogP contribution in [-0.4, -0.2) is 80.4 Å². The molecule has 0 aromatic heterocycles. The topological polar surface area (TPSA) is 125 Å². The molecular formula is C11H20FNO7S. The smallest absolute Gasteiger partial charge is 0.305 e. The van der Waals surface area contributed by atoms with E-state index in [0.29, 0.717) is 0 Å². The van der Waals surface area contributed by atoms with Crippen LogP contribution in [0.3, 0.4) is 0 Å². The summed E-state index contributed by atoms with van der Waals surface area (Å²) in [5.41, 5.74) is 0. The highest BCUT2D eigenvalue weighted by Gasteiger charge is 2.44. The van der Waals surface area contributed by atoms with Gasteiger partial charge in [0.2, 0.25) is 0 Å². The molecule has 10 heteroatoms. The first-order valence-corrected chi connectivity index (χ1v) is 7.81. The van der Waals surface area contributed by atoms with E-state index in [4.69, 9.17) is 14.6 Å². The minimum absolute atomic E-state index is 0.108. The Morgan fingerprint density at radius 1 is 1.33 bits per heavy atom. The molecule has 1 aliphatic rings. The van der Waals surface area contributed by atoms with Gasteiger partial charge < -0.3 is 30.1 Å². The van der Waals surface area contributed by atoms with Gasteiger partial charge in [0.1, 0.15) is 18.3 Å². The molecule has 1 saturated heterocycles. The van der Waals surface area contributed by atoms with Gasteiger partial charge in [0.05, 0.1) is 18.4 Å². The summed E-state index contributed by atoms with van der Waals surface area (Å²) in [6.07, 6.45) is -1.93. The van der Waals surface area contributed by atoms with Crippen LogP contribution in [0.5, 0.6) is 0 Å². The number of aliphatic hydroxyl groups excluding tert-OH is 3. The molecule has 0 radical (unpaired) electrons. The largest absolute Gasteiger partial charge is 0.394 e. The van der Waals surface area contributed by atoms with E-state index in [1.54, 1.807) is 0 Å². The van der Waals surface area contributed by atoms with Crippen molar-refractivity contribution in [1.82, 2.24) is 5.32 Å². The van der Waals surface area contributed by atoms with Crippen molar-refractivity contribution in [2.45, 2.75) is 30.6 Å². The molecule has 0 saturated carbocycles. The maximum Gasteiger partial charge on any atom is 0.305 e. The Kier molecular flexibility index (Phi) is 7.13. The Bertz CT molecular complexity index is 442. The van der Waals surface area contributed by atoms with E-state index < -0.39 is 53.2 Å². The van der Waals surface area contributed by atoms with Crippen LogP contribution < -0.4 is 5.32 Å². The van der Waals surface area contributed by atoms with Crippen LogP contribution in [0.1, 0.15) is 0 Å². The van der Waals surface area contributed by atoms with Crippen LogP contribution in [0.2, 0.25) is 0 Å². The Labute approximate surface area is 122 Å². The quantitative estimate of drug-likeness (QED) is 0.309. The van der Waals surface area contributed by atoms with E-state index in [2.05, 4.69) is 5.32 Å². The van der Waals surface area contributed by atoms with Crippen molar-refractivity contribution in [2.24, 2.45) is 0 Å². The summed E-state index contributed by atoms with van der Waals surface area (Å²) in [4.78, 5) is 0. The van der Waals surface area contributed by atoms with E-state index in [1.807, 2.05) is 0 Å². The lowest BCUT2D eigenvalue weighted by Crippen LogP contribution is -2.63. The van der Waals surface area contributed by atoms with Crippen molar-refractivity contribution in [1.29, 1.82) is 0 Å². The van der Waals surface area contributed by atoms with Gasteiger partial charge in [-0.05, 0) is 0 Å². The van der Waals surface area contributed by atoms with E-state index in [9.17, 15) is 22.5 Å². The Hall–Kier alpha value is -0.620. The van der Waals surface area contributed by atoms with Crippen molar-refractivity contribution in [3.63, 3.8) is 0 Å². The molecule has 0 unspecified atom stereocenters. The third-order valence-corrected chi connectivity index (χ3v) is 3.64. The van der Waals surface area contributed by atoms with Crippen molar-refractivity contribution < 1.29 is 37.1 Å². The van der Waals surface area contributed by atoms with Gasteiger partial charge in [-0.2, -0.15) is 8.42 Å². The van der Waals surface area contributed by atoms with Crippen molar-refractivity contribution in [2.75, 3.05) is 26.0 Å². The van der Waals surface area contributed by atoms with Crippen molar-refractivity contribution in [3.8, 4) is 0 Å². The summed E-state index contributed by atoms with van der Waals surface area (Å²) in [5.74, 6) is -0.735. The molecule has 4 N–H and O–H groups in total. The highest BCUT2D eigenvalue weighted by molar-refractivity contribution is 7.86. The van der Waals surface area contributed by atoms with Gasteiger partial charge in [-0.15, -0.1) is 3.89 Å². The molecule has 5 atom stereocenters. The molecule has 8 nitrogen and oxygen atoms in total. The molecule has 0 amide bonds. The monoisotopic (exact) mass is 329 g/mol. The minimum Gasteiger partial charge on any atom is -0.394 e. The number of ether oxygens (including phenoxy) is 2. The Balaban J connectivity index is 2.55. The van der Waals surface area contributed by atoms with Crippen LogP contribution >= 0.6 is 0 Å². The highest BCUT2D eigenvalue weighted by Crippen LogP contribution is 2.21. The maximum atomic E-state index is 12.2. The zero-order valence-corrected chi connectivity index (χ0v) is 12.2. The van der Waals surface area contributed by atoms with Gasteiger partial charge in [-0.3, -0.25) is 0 Å². The van der Waals surface area contributed by atoms with Crippen molar-refractivity contribution >= 4 is 10.2 Å². The number of hydrogen-bond donors (Lipinski definition) is 4. The van der Waals surface area contributed by atoms with Crippen molar-refractivity contribution in [3.05, 3.63) is 12.2 Å². The summed E-state index contributed by atoms with van der Waals surface area (Å²) >= 11 is 0. The molecule has 0 spiro atoms. The molecule has 124 valence electrons. The number of halogens is 1. The van der Waals surface area contributed by atoms with Crippen LogP contribution in [0.4, 0.5) is 3.89 Å². The zero-order chi connectivity index (χ0) is 16.0. The first-order valence-electron chi connectivity index (χ1n) is 6.26. The summed E-state index contributed by atoms with van der Waals surface area (Å²) in [5, 5.41) is 31.5. The number of methoxy groups -OCH3 is 1.